The van der Waals surface area contributed by atoms with Crippen LogP contribution in [0, 0.1) is 0 Å². The van der Waals surface area contributed by atoms with Crippen molar-refractivity contribution in [3.8, 4) is 5.69 Å². The topological polar surface area (TPSA) is 38.1 Å². The average molecular weight is 375 g/mol. The molecule has 136 valence electrons. The lowest BCUT2D eigenvalue weighted by Crippen LogP contribution is -2.30. The highest BCUT2D eigenvalue weighted by Crippen LogP contribution is 2.29. The van der Waals surface area contributed by atoms with E-state index in [2.05, 4.69) is 27.7 Å². The summed E-state index contributed by atoms with van der Waals surface area (Å²) >= 11 is 1.29. The molecule has 0 atom stereocenters. The monoisotopic (exact) mass is 375 g/mol. The van der Waals surface area contributed by atoms with Gasteiger partial charge in [0.1, 0.15) is 11.3 Å². The minimum atomic E-state index is 0.0401. The fourth-order valence-corrected chi connectivity index (χ4v) is 4.90. The standard InChI is InChI=1S/C22H21N3OS/c26-22-20-21(17-11-5-6-12-18(17)27-22)25(16-9-3-1-4-10-16)19(23-20)15-24-13-7-2-8-14-24/h1,3-6,9-12H,2,7-8,13-15H2. The van der Waals surface area contributed by atoms with Crippen molar-refractivity contribution in [1.82, 2.24) is 14.5 Å². The number of fused-ring (bicyclic) bond motifs is 3. The van der Waals surface area contributed by atoms with Gasteiger partial charge in [0.25, 0.3) is 4.74 Å². The first kappa shape index (κ1) is 16.7. The number of rotatable bonds is 3. The first-order valence-electron chi connectivity index (χ1n) is 9.52. The summed E-state index contributed by atoms with van der Waals surface area (Å²) in [5.74, 6) is 0.957. The zero-order chi connectivity index (χ0) is 18.2. The summed E-state index contributed by atoms with van der Waals surface area (Å²) in [7, 11) is 0. The van der Waals surface area contributed by atoms with Crippen LogP contribution in [0.1, 0.15) is 25.1 Å². The smallest absolute Gasteiger partial charge is 0.260 e. The minimum absolute atomic E-state index is 0.0401. The maximum Gasteiger partial charge on any atom is 0.260 e. The second kappa shape index (κ2) is 6.91. The fourth-order valence-electron chi connectivity index (χ4n) is 4.04. The van der Waals surface area contributed by atoms with Gasteiger partial charge >= 0.3 is 0 Å². The van der Waals surface area contributed by atoms with Crippen LogP contribution in [-0.2, 0) is 6.54 Å². The molecule has 0 amide bonds. The minimum Gasteiger partial charge on any atom is -0.296 e. The summed E-state index contributed by atoms with van der Waals surface area (Å²) in [5, 5.41) is 1.10. The van der Waals surface area contributed by atoms with Gasteiger partial charge in [0, 0.05) is 15.8 Å². The van der Waals surface area contributed by atoms with Crippen molar-refractivity contribution in [1.29, 1.82) is 0 Å². The first-order valence-corrected chi connectivity index (χ1v) is 10.3. The molecule has 3 heterocycles. The van der Waals surface area contributed by atoms with E-state index in [4.69, 9.17) is 4.98 Å². The van der Waals surface area contributed by atoms with Crippen LogP contribution in [0.3, 0.4) is 0 Å². The Hall–Kier alpha value is -2.50. The predicted octanol–water partition coefficient (Wildman–Crippen LogP) is 4.59. The Bertz CT molecular complexity index is 1160. The molecule has 4 nitrogen and oxygen atoms in total. The highest BCUT2D eigenvalue weighted by molar-refractivity contribution is 7.16. The summed E-state index contributed by atoms with van der Waals surface area (Å²) < 4.78 is 3.25. The van der Waals surface area contributed by atoms with E-state index in [-0.39, 0.29) is 4.74 Å². The van der Waals surface area contributed by atoms with Crippen LogP contribution in [0.4, 0.5) is 0 Å². The van der Waals surface area contributed by atoms with E-state index in [1.807, 2.05) is 36.4 Å². The number of aromatic nitrogens is 2. The van der Waals surface area contributed by atoms with E-state index in [0.717, 1.165) is 46.7 Å². The molecule has 2 aromatic carbocycles. The van der Waals surface area contributed by atoms with Gasteiger partial charge in [-0.2, -0.15) is 0 Å². The summed E-state index contributed by atoms with van der Waals surface area (Å²) in [6, 6.07) is 18.4. The molecule has 0 radical (unpaired) electrons. The first-order chi connectivity index (χ1) is 13.3. The molecule has 1 aliphatic heterocycles. The van der Waals surface area contributed by atoms with Crippen molar-refractivity contribution in [2.24, 2.45) is 0 Å². The Balaban J connectivity index is 1.80. The molecule has 5 heteroatoms. The second-order valence-electron chi connectivity index (χ2n) is 7.12. The van der Waals surface area contributed by atoms with Crippen LogP contribution in [0.2, 0.25) is 0 Å². The number of benzene rings is 2. The molecule has 0 saturated carbocycles. The quantitative estimate of drug-likeness (QED) is 0.526. The molecule has 1 saturated heterocycles. The highest BCUT2D eigenvalue weighted by atomic mass is 32.1. The summed E-state index contributed by atoms with van der Waals surface area (Å²) in [6.07, 6.45) is 3.79. The molecule has 5 rings (SSSR count). The van der Waals surface area contributed by atoms with Crippen molar-refractivity contribution in [3.63, 3.8) is 0 Å². The van der Waals surface area contributed by atoms with Crippen LogP contribution in [-0.4, -0.2) is 27.5 Å². The zero-order valence-corrected chi connectivity index (χ0v) is 15.9. The van der Waals surface area contributed by atoms with E-state index in [9.17, 15) is 4.79 Å². The average Bonchev–Trinajstić information content (AvgIpc) is 3.09. The molecule has 4 aromatic rings. The van der Waals surface area contributed by atoms with E-state index in [1.165, 1.54) is 30.6 Å². The van der Waals surface area contributed by atoms with E-state index in [1.54, 1.807) is 0 Å². The lowest BCUT2D eigenvalue weighted by Gasteiger charge is -2.26. The number of imidazole rings is 1. The van der Waals surface area contributed by atoms with Crippen LogP contribution >= 0.6 is 11.3 Å². The predicted molar refractivity (Wildman–Crippen MR) is 112 cm³/mol. The van der Waals surface area contributed by atoms with Gasteiger partial charge < -0.3 is 0 Å². The van der Waals surface area contributed by atoms with Gasteiger partial charge in [0.05, 0.1) is 12.1 Å². The Morgan fingerprint density at radius 3 is 2.48 bits per heavy atom. The molecule has 0 unspecified atom stereocenters. The van der Waals surface area contributed by atoms with E-state index in [0.29, 0.717) is 5.52 Å². The lowest BCUT2D eigenvalue weighted by atomic mass is 10.1. The van der Waals surface area contributed by atoms with Crippen molar-refractivity contribution in [2.45, 2.75) is 25.8 Å². The molecular formula is C22H21N3OS. The zero-order valence-electron chi connectivity index (χ0n) is 15.1. The molecule has 0 N–H and O–H groups in total. The van der Waals surface area contributed by atoms with Crippen LogP contribution in [0.25, 0.3) is 26.8 Å². The molecule has 1 aliphatic rings. The number of hydrogen-bond donors (Lipinski definition) is 0. The molecule has 27 heavy (non-hydrogen) atoms. The third-order valence-corrected chi connectivity index (χ3v) is 6.27. The summed E-state index contributed by atoms with van der Waals surface area (Å²) in [4.78, 5) is 20.1. The van der Waals surface area contributed by atoms with Gasteiger partial charge in [-0.25, -0.2) is 4.98 Å². The van der Waals surface area contributed by atoms with Gasteiger partial charge in [-0.05, 0) is 44.1 Å². The van der Waals surface area contributed by atoms with Crippen LogP contribution < -0.4 is 4.74 Å². The Kier molecular flexibility index (Phi) is 4.26. The maximum absolute atomic E-state index is 12.8. The molecule has 1 fully saturated rings. The Morgan fingerprint density at radius 2 is 1.67 bits per heavy atom. The molecule has 2 aromatic heterocycles. The number of para-hydroxylation sites is 1. The molecule has 0 aliphatic carbocycles. The van der Waals surface area contributed by atoms with Gasteiger partial charge in [-0.3, -0.25) is 14.3 Å². The molecule has 0 bridgehead atoms. The maximum atomic E-state index is 12.8. The number of likely N-dealkylation sites (tertiary alicyclic amines) is 1. The third kappa shape index (κ3) is 2.97. The number of hydrogen-bond acceptors (Lipinski definition) is 4. The van der Waals surface area contributed by atoms with E-state index >= 15 is 0 Å². The van der Waals surface area contributed by atoms with Gasteiger partial charge in [0.15, 0.2) is 0 Å². The molecular weight excluding hydrogens is 354 g/mol. The van der Waals surface area contributed by atoms with Crippen molar-refractivity contribution < 1.29 is 0 Å². The summed E-state index contributed by atoms with van der Waals surface area (Å²) in [5.41, 5.74) is 2.59. The Labute approximate surface area is 161 Å². The second-order valence-corrected chi connectivity index (χ2v) is 8.13. The van der Waals surface area contributed by atoms with E-state index < -0.39 is 0 Å². The largest absolute Gasteiger partial charge is 0.296 e. The number of nitrogens with zero attached hydrogens (tertiary/aromatic N) is 3. The lowest BCUT2D eigenvalue weighted by molar-refractivity contribution is 0.215. The van der Waals surface area contributed by atoms with Crippen molar-refractivity contribution in [2.75, 3.05) is 13.1 Å². The van der Waals surface area contributed by atoms with Gasteiger partial charge in [-0.1, -0.05) is 54.2 Å². The normalized spacial score (nSPS) is 15.6. The Morgan fingerprint density at radius 1 is 0.926 bits per heavy atom. The highest BCUT2D eigenvalue weighted by Gasteiger charge is 2.20. The molecule has 0 spiro atoms. The summed E-state index contributed by atoms with van der Waals surface area (Å²) in [6.45, 7) is 2.99. The van der Waals surface area contributed by atoms with Crippen molar-refractivity contribution >= 4 is 32.5 Å². The number of piperidine rings is 1. The SMILES string of the molecule is O=c1sc2ccccc2c2c1nc(CN1CCCCC1)n2-c1ccccc1. The van der Waals surface area contributed by atoms with Crippen LogP contribution in [0.15, 0.2) is 59.4 Å². The fraction of sp³-hybridized carbons (Fsp3) is 0.273. The van der Waals surface area contributed by atoms with Crippen LogP contribution in [0.5, 0.6) is 0 Å². The van der Waals surface area contributed by atoms with Gasteiger partial charge in [-0.15, -0.1) is 0 Å². The van der Waals surface area contributed by atoms with Gasteiger partial charge in [0.2, 0.25) is 0 Å². The van der Waals surface area contributed by atoms with Crippen molar-refractivity contribution in [3.05, 3.63) is 70.0 Å². The third-order valence-electron chi connectivity index (χ3n) is 5.31.